The number of aliphatic hydroxyl groups is 1. The molecule has 1 aromatic carbocycles. The Morgan fingerprint density at radius 1 is 1.40 bits per heavy atom. The van der Waals surface area contributed by atoms with E-state index in [1.165, 1.54) is 0 Å². The fraction of sp³-hybridized carbons (Fsp3) is 0.455. The van der Waals surface area contributed by atoms with Crippen LogP contribution in [0.4, 0.5) is 5.69 Å². The fourth-order valence-electron chi connectivity index (χ4n) is 1.71. The van der Waals surface area contributed by atoms with Crippen molar-refractivity contribution >= 4 is 21.6 Å². The van der Waals surface area contributed by atoms with Crippen molar-refractivity contribution in [2.24, 2.45) is 0 Å². The maximum absolute atomic E-state index is 9.38. The quantitative estimate of drug-likeness (QED) is 0.884. The summed E-state index contributed by atoms with van der Waals surface area (Å²) in [7, 11) is 0. The molecule has 1 heterocycles. The van der Waals surface area contributed by atoms with Crippen LogP contribution in [0.5, 0.6) is 0 Å². The number of hydrogen-bond acceptors (Lipinski definition) is 3. The first-order chi connectivity index (χ1) is 7.24. The van der Waals surface area contributed by atoms with Crippen LogP contribution in [0.25, 0.3) is 0 Å². The van der Waals surface area contributed by atoms with E-state index in [1.54, 1.807) is 0 Å². The zero-order valence-corrected chi connectivity index (χ0v) is 9.96. The van der Waals surface area contributed by atoms with Gasteiger partial charge >= 0.3 is 0 Å². The molecule has 0 radical (unpaired) electrons. The van der Waals surface area contributed by atoms with Gasteiger partial charge in [-0.15, -0.1) is 0 Å². The fourth-order valence-corrected chi connectivity index (χ4v) is 1.97. The molecule has 1 aliphatic rings. The molecule has 82 valence electrons. The SMILES string of the molecule is OCC1(Nc2ccc(Br)cc2)CCOC1. The average molecular weight is 272 g/mol. The highest BCUT2D eigenvalue weighted by Gasteiger charge is 2.33. The van der Waals surface area contributed by atoms with Crippen LogP contribution in [0, 0.1) is 0 Å². The number of ether oxygens (including phenoxy) is 1. The topological polar surface area (TPSA) is 41.5 Å². The summed E-state index contributed by atoms with van der Waals surface area (Å²) in [5.74, 6) is 0. The maximum atomic E-state index is 9.38. The molecule has 1 unspecified atom stereocenters. The maximum Gasteiger partial charge on any atom is 0.0859 e. The molecule has 0 bridgehead atoms. The molecule has 0 aromatic heterocycles. The van der Waals surface area contributed by atoms with Crippen LogP contribution in [0.15, 0.2) is 28.7 Å². The van der Waals surface area contributed by atoms with E-state index in [0.29, 0.717) is 13.2 Å². The Hall–Kier alpha value is -0.580. The number of halogens is 1. The van der Waals surface area contributed by atoms with Gasteiger partial charge in [0.1, 0.15) is 0 Å². The third-order valence-corrected chi connectivity index (χ3v) is 3.19. The summed E-state index contributed by atoms with van der Waals surface area (Å²) in [5, 5.41) is 12.7. The van der Waals surface area contributed by atoms with E-state index in [-0.39, 0.29) is 12.1 Å². The van der Waals surface area contributed by atoms with Crippen molar-refractivity contribution in [3.8, 4) is 0 Å². The molecule has 1 atom stereocenters. The minimum atomic E-state index is -0.298. The molecule has 1 fully saturated rings. The lowest BCUT2D eigenvalue weighted by molar-refractivity contribution is 0.152. The first kappa shape index (κ1) is 10.9. The number of benzene rings is 1. The monoisotopic (exact) mass is 271 g/mol. The molecule has 0 saturated carbocycles. The van der Waals surface area contributed by atoms with Gasteiger partial charge in [0.05, 0.1) is 18.8 Å². The number of hydrogen-bond donors (Lipinski definition) is 2. The Kier molecular flexibility index (Phi) is 3.29. The van der Waals surface area contributed by atoms with Crippen LogP contribution >= 0.6 is 15.9 Å². The summed E-state index contributed by atoms with van der Waals surface area (Å²) < 4.78 is 6.37. The molecular formula is C11H14BrNO2. The van der Waals surface area contributed by atoms with Gasteiger partial charge in [-0.25, -0.2) is 0 Å². The van der Waals surface area contributed by atoms with E-state index < -0.39 is 0 Å². The van der Waals surface area contributed by atoms with Gasteiger partial charge in [-0.2, -0.15) is 0 Å². The van der Waals surface area contributed by atoms with Crippen LogP contribution in [-0.2, 0) is 4.74 Å². The van der Waals surface area contributed by atoms with E-state index in [9.17, 15) is 5.11 Å². The van der Waals surface area contributed by atoms with Gasteiger partial charge in [-0.3, -0.25) is 0 Å². The summed E-state index contributed by atoms with van der Waals surface area (Å²) in [5.41, 5.74) is 0.714. The zero-order valence-electron chi connectivity index (χ0n) is 8.37. The van der Waals surface area contributed by atoms with E-state index in [4.69, 9.17) is 4.74 Å². The highest BCUT2D eigenvalue weighted by Crippen LogP contribution is 2.24. The van der Waals surface area contributed by atoms with Crippen LogP contribution in [0.3, 0.4) is 0 Å². The minimum Gasteiger partial charge on any atom is -0.394 e. The normalized spacial score (nSPS) is 25.5. The highest BCUT2D eigenvalue weighted by molar-refractivity contribution is 9.10. The average Bonchev–Trinajstić information content (AvgIpc) is 2.71. The molecule has 0 spiro atoms. The smallest absolute Gasteiger partial charge is 0.0859 e. The van der Waals surface area contributed by atoms with Crippen molar-refractivity contribution in [3.63, 3.8) is 0 Å². The second-order valence-electron chi connectivity index (χ2n) is 3.87. The minimum absolute atomic E-state index is 0.100. The van der Waals surface area contributed by atoms with Gasteiger partial charge in [0.15, 0.2) is 0 Å². The van der Waals surface area contributed by atoms with Crippen LogP contribution in [0.1, 0.15) is 6.42 Å². The summed E-state index contributed by atoms with van der Waals surface area (Å²) in [4.78, 5) is 0. The van der Waals surface area contributed by atoms with Crippen LogP contribution in [-0.4, -0.2) is 30.5 Å². The highest BCUT2D eigenvalue weighted by atomic mass is 79.9. The Balaban J connectivity index is 2.09. The Bertz CT molecular complexity index is 320. The summed E-state index contributed by atoms with van der Waals surface area (Å²) in [6.45, 7) is 1.38. The van der Waals surface area contributed by atoms with Crippen molar-refractivity contribution in [3.05, 3.63) is 28.7 Å². The van der Waals surface area contributed by atoms with Gasteiger partial charge in [0, 0.05) is 16.8 Å². The van der Waals surface area contributed by atoms with E-state index in [1.807, 2.05) is 24.3 Å². The number of nitrogens with one attached hydrogen (secondary N) is 1. The molecule has 0 aliphatic carbocycles. The Morgan fingerprint density at radius 3 is 2.67 bits per heavy atom. The summed E-state index contributed by atoms with van der Waals surface area (Å²) in [6.07, 6.45) is 0.847. The predicted molar refractivity (Wildman–Crippen MR) is 63.0 cm³/mol. The van der Waals surface area contributed by atoms with Crippen molar-refractivity contribution in [1.29, 1.82) is 0 Å². The third kappa shape index (κ3) is 2.51. The molecule has 1 saturated heterocycles. The van der Waals surface area contributed by atoms with E-state index in [2.05, 4.69) is 21.2 Å². The number of rotatable bonds is 3. The van der Waals surface area contributed by atoms with Crippen LogP contribution < -0.4 is 5.32 Å². The lowest BCUT2D eigenvalue weighted by Crippen LogP contribution is -2.42. The zero-order chi connectivity index (χ0) is 10.7. The molecule has 1 aromatic rings. The van der Waals surface area contributed by atoms with Gasteiger partial charge < -0.3 is 15.2 Å². The van der Waals surface area contributed by atoms with Gasteiger partial charge in [-0.05, 0) is 30.7 Å². The summed E-state index contributed by atoms with van der Waals surface area (Å²) >= 11 is 3.39. The van der Waals surface area contributed by atoms with Gasteiger partial charge in [-0.1, -0.05) is 15.9 Å². The first-order valence-electron chi connectivity index (χ1n) is 4.96. The Morgan fingerprint density at radius 2 is 2.13 bits per heavy atom. The molecule has 1 aliphatic heterocycles. The Labute approximate surface area is 97.6 Å². The number of aliphatic hydroxyl groups excluding tert-OH is 1. The lowest BCUT2D eigenvalue weighted by Gasteiger charge is -2.27. The van der Waals surface area contributed by atoms with E-state index >= 15 is 0 Å². The molecule has 2 rings (SSSR count). The second kappa shape index (κ2) is 4.51. The first-order valence-corrected chi connectivity index (χ1v) is 5.76. The predicted octanol–water partition coefficient (Wildman–Crippen LogP) is 2.01. The van der Waals surface area contributed by atoms with E-state index in [0.717, 1.165) is 16.6 Å². The second-order valence-corrected chi connectivity index (χ2v) is 4.79. The van der Waals surface area contributed by atoms with Crippen molar-refractivity contribution in [2.45, 2.75) is 12.0 Å². The summed E-state index contributed by atoms with van der Waals surface area (Å²) in [6, 6.07) is 7.92. The third-order valence-electron chi connectivity index (χ3n) is 2.66. The lowest BCUT2D eigenvalue weighted by atomic mass is 9.99. The van der Waals surface area contributed by atoms with Crippen molar-refractivity contribution in [2.75, 3.05) is 25.1 Å². The molecular weight excluding hydrogens is 258 g/mol. The molecule has 4 heteroatoms. The van der Waals surface area contributed by atoms with Crippen molar-refractivity contribution < 1.29 is 9.84 Å². The molecule has 2 N–H and O–H groups in total. The standard InChI is InChI=1S/C11H14BrNO2/c12-9-1-3-10(4-2-9)13-11(7-14)5-6-15-8-11/h1-4,13-14H,5-8H2. The molecule has 15 heavy (non-hydrogen) atoms. The molecule has 0 amide bonds. The van der Waals surface area contributed by atoms with Gasteiger partial charge in [0.2, 0.25) is 0 Å². The molecule has 3 nitrogen and oxygen atoms in total. The van der Waals surface area contributed by atoms with Crippen molar-refractivity contribution in [1.82, 2.24) is 0 Å². The number of anilines is 1. The van der Waals surface area contributed by atoms with Crippen LogP contribution in [0.2, 0.25) is 0 Å². The largest absolute Gasteiger partial charge is 0.394 e. The van der Waals surface area contributed by atoms with Gasteiger partial charge in [0.25, 0.3) is 0 Å².